The van der Waals surface area contributed by atoms with E-state index >= 15 is 0 Å². The summed E-state index contributed by atoms with van der Waals surface area (Å²) < 4.78 is 11.9. The van der Waals surface area contributed by atoms with Gasteiger partial charge in [0.25, 0.3) is 0 Å². The van der Waals surface area contributed by atoms with Gasteiger partial charge in [0.05, 0.1) is 30.8 Å². The highest BCUT2D eigenvalue weighted by Gasteiger charge is 2.79. The van der Waals surface area contributed by atoms with E-state index in [2.05, 4.69) is 5.32 Å². The minimum atomic E-state index is -1.10. The van der Waals surface area contributed by atoms with Crippen LogP contribution >= 0.6 is 0 Å². The van der Waals surface area contributed by atoms with Crippen LogP contribution in [0, 0.1) is 11.8 Å². The minimum absolute atomic E-state index is 0.209. The molecule has 3 aliphatic rings. The van der Waals surface area contributed by atoms with Gasteiger partial charge in [0.15, 0.2) is 0 Å². The van der Waals surface area contributed by atoms with Gasteiger partial charge in [-0.25, -0.2) is 0 Å². The Morgan fingerprint density at radius 1 is 1.28 bits per heavy atom. The van der Waals surface area contributed by atoms with Crippen molar-refractivity contribution in [2.45, 2.75) is 69.9 Å². The lowest BCUT2D eigenvalue weighted by Crippen LogP contribution is -2.57. The number of esters is 1. The van der Waals surface area contributed by atoms with Gasteiger partial charge in [-0.15, -0.1) is 0 Å². The van der Waals surface area contributed by atoms with Crippen molar-refractivity contribution in [3.05, 3.63) is 35.9 Å². The Labute approximate surface area is 188 Å². The SMILES string of the molecule is CCOC(=O)[C@@H]1[C@H]2C(=O)N([C@H](C)CO)C(C(=O)NCc3ccccc3)C23CC[C@@]1(CC)O3. The molecule has 0 radical (unpaired) electrons. The average molecular weight is 445 g/mol. The Balaban J connectivity index is 1.71. The molecule has 32 heavy (non-hydrogen) atoms. The molecular weight excluding hydrogens is 412 g/mol. The smallest absolute Gasteiger partial charge is 0.312 e. The summed E-state index contributed by atoms with van der Waals surface area (Å²) in [4.78, 5) is 41.6. The molecule has 3 aliphatic heterocycles. The average Bonchev–Trinajstić information content (AvgIpc) is 3.41. The molecule has 3 fully saturated rings. The largest absolute Gasteiger partial charge is 0.466 e. The van der Waals surface area contributed by atoms with Gasteiger partial charge in [-0.3, -0.25) is 14.4 Å². The van der Waals surface area contributed by atoms with Crippen LogP contribution < -0.4 is 5.32 Å². The number of hydrogen-bond acceptors (Lipinski definition) is 6. The number of carbonyl (C=O) groups is 3. The van der Waals surface area contributed by atoms with Crippen molar-refractivity contribution in [3.63, 3.8) is 0 Å². The second-order valence-corrected chi connectivity index (χ2v) is 9.07. The minimum Gasteiger partial charge on any atom is -0.466 e. The van der Waals surface area contributed by atoms with Crippen molar-refractivity contribution in [2.24, 2.45) is 11.8 Å². The molecule has 2 unspecified atom stereocenters. The predicted molar refractivity (Wildman–Crippen MR) is 115 cm³/mol. The summed E-state index contributed by atoms with van der Waals surface area (Å²) in [6.07, 6.45) is 1.64. The van der Waals surface area contributed by atoms with Crippen LogP contribution in [-0.2, 0) is 30.4 Å². The van der Waals surface area contributed by atoms with E-state index in [9.17, 15) is 19.5 Å². The van der Waals surface area contributed by atoms with E-state index in [1.807, 2.05) is 37.3 Å². The monoisotopic (exact) mass is 444 g/mol. The maximum Gasteiger partial charge on any atom is 0.312 e. The van der Waals surface area contributed by atoms with Crippen LogP contribution in [0.15, 0.2) is 30.3 Å². The molecule has 2 N–H and O–H groups in total. The second-order valence-electron chi connectivity index (χ2n) is 9.07. The van der Waals surface area contributed by atoms with Crippen LogP contribution in [0.25, 0.3) is 0 Å². The van der Waals surface area contributed by atoms with Crippen LogP contribution in [0.2, 0.25) is 0 Å². The third-order valence-electron chi connectivity index (χ3n) is 7.46. The van der Waals surface area contributed by atoms with Gasteiger partial charge < -0.3 is 24.8 Å². The lowest BCUT2D eigenvalue weighted by Gasteiger charge is -2.36. The molecule has 2 amide bonds. The summed E-state index contributed by atoms with van der Waals surface area (Å²) in [5.74, 6) is -2.65. The number of fused-ring (bicyclic) bond motifs is 1. The van der Waals surface area contributed by atoms with Crippen LogP contribution in [0.1, 0.15) is 45.6 Å². The number of likely N-dealkylation sites (tertiary alicyclic amines) is 1. The van der Waals surface area contributed by atoms with Crippen LogP contribution in [-0.4, -0.2) is 64.3 Å². The molecule has 0 aliphatic carbocycles. The highest BCUT2D eigenvalue weighted by atomic mass is 16.6. The lowest BCUT2D eigenvalue weighted by atomic mass is 9.65. The van der Waals surface area contributed by atoms with E-state index in [1.54, 1.807) is 13.8 Å². The number of benzene rings is 1. The number of aliphatic hydroxyl groups excluding tert-OH is 1. The zero-order valence-electron chi connectivity index (χ0n) is 18.9. The maximum absolute atomic E-state index is 13.7. The number of nitrogens with one attached hydrogen (secondary N) is 1. The highest BCUT2D eigenvalue weighted by molar-refractivity contribution is 5.98. The molecule has 1 spiro atoms. The van der Waals surface area contributed by atoms with E-state index in [0.717, 1.165) is 5.56 Å². The van der Waals surface area contributed by atoms with Crippen molar-refractivity contribution >= 4 is 17.8 Å². The molecule has 2 bridgehead atoms. The fraction of sp³-hybridized carbons (Fsp3) is 0.625. The number of ether oxygens (including phenoxy) is 2. The highest BCUT2D eigenvalue weighted by Crippen LogP contribution is 2.64. The summed E-state index contributed by atoms with van der Waals surface area (Å²) in [6, 6.07) is 8.01. The van der Waals surface area contributed by atoms with Gasteiger partial charge in [-0.2, -0.15) is 0 Å². The fourth-order valence-corrected chi connectivity index (χ4v) is 5.99. The molecule has 8 heteroatoms. The van der Waals surface area contributed by atoms with Gasteiger partial charge >= 0.3 is 5.97 Å². The number of hydrogen-bond donors (Lipinski definition) is 2. The van der Waals surface area contributed by atoms with Crippen LogP contribution in [0.3, 0.4) is 0 Å². The summed E-state index contributed by atoms with van der Waals surface area (Å²) in [5.41, 5.74) is -0.972. The molecule has 1 aromatic rings. The summed E-state index contributed by atoms with van der Waals surface area (Å²) in [7, 11) is 0. The normalized spacial score (nSPS) is 33.8. The number of aliphatic hydroxyl groups is 1. The molecule has 3 heterocycles. The first-order chi connectivity index (χ1) is 15.3. The molecule has 1 aromatic carbocycles. The van der Waals surface area contributed by atoms with Crippen molar-refractivity contribution in [1.29, 1.82) is 0 Å². The lowest BCUT2D eigenvalue weighted by molar-refractivity contribution is -0.161. The Kier molecular flexibility index (Phi) is 6.02. The maximum atomic E-state index is 13.7. The zero-order chi connectivity index (χ0) is 23.1. The van der Waals surface area contributed by atoms with E-state index in [0.29, 0.717) is 25.8 Å². The van der Waals surface area contributed by atoms with Gasteiger partial charge in [0.1, 0.15) is 17.6 Å². The van der Waals surface area contributed by atoms with Crippen molar-refractivity contribution in [2.75, 3.05) is 13.2 Å². The number of nitrogens with zero attached hydrogens (tertiary/aromatic N) is 1. The van der Waals surface area contributed by atoms with Crippen molar-refractivity contribution < 1.29 is 29.0 Å². The van der Waals surface area contributed by atoms with Crippen molar-refractivity contribution in [3.8, 4) is 0 Å². The molecule has 174 valence electrons. The molecule has 3 saturated heterocycles. The molecule has 6 atom stereocenters. The Morgan fingerprint density at radius 2 is 2.00 bits per heavy atom. The van der Waals surface area contributed by atoms with Crippen LogP contribution in [0.5, 0.6) is 0 Å². The van der Waals surface area contributed by atoms with Gasteiger partial charge in [-0.1, -0.05) is 37.3 Å². The van der Waals surface area contributed by atoms with E-state index in [1.165, 1.54) is 4.90 Å². The first kappa shape index (κ1) is 22.7. The van der Waals surface area contributed by atoms with Gasteiger partial charge in [0.2, 0.25) is 11.8 Å². The third-order valence-corrected chi connectivity index (χ3v) is 7.46. The first-order valence-corrected chi connectivity index (χ1v) is 11.5. The topological polar surface area (TPSA) is 105 Å². The van der Waals surface area contributed by atoms with Gasteiger partial charge in [-0.05, 0) is 38.7 Å². The fourth-order valence-electron chi connectivity index (χ4n) is 5.99. The van der Waals surface area contributed by atoms with Gasteiger partial charge in [0, 0.05) is 6.54 Å². The number of carbonyl (C=O) groups excluding carboxylic acids is 3. The molecule has 4 rings (SSSR count). The molecule has 0 aromatic heterocycles. The van der Waals surface area contributed by atoms with Crippen molar-refractivity contribution in [1.82, 2.24) is 10.2 Å². The molecular formula is C24H32N2O6. The Hall–Kier alpha value is -2.45. The van der Waals surface area contributed by atoms with E-state index < -0.39 is 41.1 Å². The summed E-state index contributed by atoms with van der Waals surface area (Å²) >= 11 is 0. The van der Waals surface area contributed by atoms with Crippen LogP contribution in [0.4, 0.5) is 0 Å². The summed E-state index contributed by atoms with van der Waals surface area (Å²) in [6.45, 7) is 5.61. The standard InChI is InChI=1S/C24H32N2O6/c1-4-23-11-12-24(32-23)17(18(23)22(30)31-5-2)21(29)26(15(3)14-27)19(24)20(28)25-13-16-9-7-6-8-10-16/h6-10,15,17-19,27H,4-5,11-14H2,1-3H3,(H,25,28)/t15-,17+,18+,19?,23-,24?/m1/s1. The quantitative estimate of drug-likeness (QED) is 0.588. The number of amides is 2. The van der Waals surface area contributed by atoms with E-state index in [-0.39, 0.29) is 25.0 Å². The molecule has 8 nitrogen and oxygen atoms in total. The van der Waals surface area contributed by atoms with E-state index in [4.69, 9.17) is 9.47 Å². The Bertz CT molecular complexity index is 892. The molecule has 0 saturated carbocycles. The predicted octanol–water partition coefficient (Wildman–Crippen LogP) is 1.40. The third kappa shape index (κ3) is 3.23. The Morgan fingerprint density at radius 3 is 2.62 bits per heavy atom. The second kappa shape index (κ2) is 8.48. The zero-order valence-corrected chi connectivity index (χ0v) is 18.9. The first-order valence-electron chi connectivity index (χ1n) is 11.5. The number of rotatable bonds is 8. The summed E-state index contributed by atoms with van der Waals surface area (Å²) in [5, 5.41) is 12.8.